The number of anilines is 1. The van der Waals surface area contributed by atoms with E-state index >= 15 is 0 Å². The summed E-state index contributed by atoms with van der Waals surface area (Å²) in [5, 5.41) is 10.7. The maximum Gasteiger partial charge on any atom is 0.269 e. The van der Waals surface area contributed by atoms with Gasteiger partial charge in [0.15, 0.2) is 0 Å². The molecule has 0 aromatic heterocycles. The fraction of sp³-hybridized carbons (Fsp3) is 0.0526. The predicted octanol–water partition coefficient (Wildman–Crippen LogP) is 4.30. The number of hydrogen-bond acceptors (Lipinski definition) is 4. The minimum absolute atomic E-state index is 0.0393. The largest absolute Gasteiger partial charge is 0.321 e. The minimum Gasteiger partial charge on any atom is -0.321 e. The molecule has 0 bridgehead atoms. The molecule has 0 radical (unpaired) electrons. The summed E-state index contributed by atoms with van der Waals surface area (Å²) < 4.78 is 0. The number of hydrazine groups is 1. The molecular formula is C19H17N3O2. The average molecular weight is 319 g/mol. The quantitative estimate of drug-likeness (QED) is 0.525. The predicted molar refractivity (Wildman–Crippen MR) is 94.6 cm³/mol. The van der Waals surface area contributed by atoms with Crippen LogP contribution in [0.1, 0.15) is 17.2 Å². The van der Waals surface area contributed by atoms with Crippen LogP contribution < -0.4 is 10.9 Å². The van der Waals surface area contributed by atoms with Crippen LogP contribution >= 0.6 is 0 Å². The second-order valence-electron chi connectivity index (χ2n) is 5.33. The van der Waals surface area contributed by atoms with E-state index in [1.165, 1.54) is 12.1 Å². The molecule has 0 amide bonds. The van der Waals surface area contributed by atoms with Crippen LogP contribution in [0.4, 0.5) is 11.4 Å². The van der Waals surface area contributed by atoms with Crippen molar-refractivity contribution in [1.29, 1.82) is 0 Å². The third-order valence-corrected chi connectivity index (χ3v) is 3.70. The Labute approximate surface area is 140 Å². The zero-order valence-electron chi connectivity index (χ0n) is 12.9. The summed E-state index contributed by atoms with van der Waals surface area (Å²) in [6, 6.07) is 26.5. The molecule has 2 N–H and O–H groups in total. The standard InChI is InChI=1S/C19H17N3O2/c23-22(24)18-13-11-17(12-14-18)20-21-19(15-7-3-1-4-8-15)16-9-5-2-6-10-16/h1-14,19-21H. The fourth-order valence-corrected chi connectivity index (χ4v) is 2.47. The highest BCUT2D eigenvalue weighted by atomic mass is 16.6. The normalized spacial score (nSPS) is 10.5. The van der Waals surface area contributed by atoms with E-state index in [9.17, 15) is 10.1 Å². The Balaban J connectivity index is 1.79. The molecule has 0 unspecified atom stereocenters. The van der Waals surface area contributed by atoms with Crippen molar-refractivity contribution in [3.63, 3.8) is 0 Å². The molecule has 5 nitrogen and oxygen atoms in total. The van der Waals surface area contributed by atoms with Gasteiger partial charge in [-0.1, -0.05) is 60.7 Å². The van der Waals surface area contributed by atoms with Crippen molar-refractivity contribution < 1.29 is 4.92 Å². The Morgan fingerprint density at radius 2 is 1.25 bits per heavy atom. The van der Waals surface area contributed by atoms with Crippen LogP contribution in [-0.2, 0) is 0 Å². The Kier molecular flexibility index (Phi) is 4.84. The van der Waals surface area contributed by atoms with E-state index in [0.717, 1.165) is 16.8 Å². The first-order valence-corrected chi connectivity index (χ1v) is 7.60. The topological polar surface area (TPSA) is 67.2 Å². The molecule has 0 heterocycles. The van der Waals surface area contributed by atoms with Gasteiger partial charge >= 0.3 is 0 Å². The van der Waals surface area contributed by atoms with Crippen molar-refractivity contribution in [2.45, 2.75) is 6.04 Å². The number of nitro groups is 1. The SMILES string of the molecule is O=[N+]([O-])c1ccc(NNC(c2ccccc2)c2ccccc2)cc1. The summed E-state index contributed by atoms with van der Waals surface area (Å²) in [7, 11) is 0. The molecule has 0 aliphatic rings. The first kappa shape index (κ1) is 15.7. The molecule has 0 spiro atoms. The molecule has 24 heavy (non-hydrogen) atoms. The summed E-state index contributed by atoms with van der Waals surface area (Å²) in [4.78, 5) is 10.3. The second kappa shape index (κ2) is 7.39. The first-order valence-electron chi connectivity index (χ1n) is 7.60. The lowest BCUT2D eigenvalue weighted by atomic mass is 9.99. The number of hydrogen-bond donors (Lipinski definition) is 2. The highest BCUT2D eigenvalue weighted by molar-refractivity contribution is 5.48. The van der Waals surface area contributed by atoms with Crippen molar-refractivity contribution in [3.8, 4) is 0 Å². The number of benzene rings is 3. The van der Waals surface area contributed by atoms with Gasteiger partial charge < -0.3 is 5.43 Å². The van der Waals surface area contributed by atoms with E-state index in [2.05, 4.69) is 35.1 Å². The second-order valence-corrected chi connectivity index (χ2v) is 5.33. The number of rotatable bonds is 6. The van der Waals surface area contributed by atoms with Crippen LogP contribution in [0.3, 0.4) is 0 Å². The van der Waals surface area contributed by atoms with Gasteiger partial charge in [-0.15, -0.1) is 0 Å². The maximum absolute atomic E-state index is 10.7. The molecule has 0 fully saturated rings. The van der Waals surface area contributed by atoms with Crippen molar-refractivity contribution in [1.82, 2.24) is 5.43 Å². The van der Waals surface area contributed by atoms with Crippen LogP contribution in [0.5, 0.6) is 0 Å². The van der Waals surface area contributed by atoms with Gasteiger partial charge in [0, 0.05) is 17.8 Å². The molecule has 120 valence electrons. The minimum atomic E-state index is -0.409. The molecule has 0 atom stereocenters. The molecule has 3 aromatic carbocycles. The summed E-state index contributed by atoms with van der Waals surface area (Å²) in [6.07, 6.45) is 0. The van der Waals surface area contributed by atoms with E-state index in [-0.39, 0.29) is 11.7 Å². The van der Waals surface area contributed by atoms with Crippen LogP contribution in [-0.4, -0.2) is 4.92 Å². The van der Waals surface area contributed by atoms with Gasteiger partial charge in [-0.25, -0.2) is 5.43 Å². The Morgan fingerprint density at radius 1 is 0.750 bits per heavy atom. The fourth-order valence-electron chi connectivity index (χ4n) is 2.47. The van der Waals surface area contributed by atoms with E-state index in [4.69, 9.17) is 0 Å². The van der Waals surface area contributed by atoms with Gasteiger partial charge in [0.1, 0.15) is 0 Å². The van der Waals surface area contributed by atoms with Crippen LogP contribution in [0.25, 0.3) is 0 Å². The lowest BCUT2D eigenvalue weighted by Gasteiger charge is -2.21. The van der Waals surface area contributed by atoms with Gasteiger partial charge in [0.25, 0.3) is 5.69 Å². The van der Waals surface area contributed by atoms with Gasteiger partial charge in [-0.05, 0) is 23.3 Å². The van der Waals surface area contributed by atoms with Gasteiger partial charge in [0.2, 0.25) is 0 Å². The summed E-state index contributed by atoms with van der Waals surface area (Å²) in [5.41, 5.74) is 9.51. The third kappa shape index (κ3) is 3.77. The average Bonchev–Trinajstić information content (AvgIpc) is 2.64. The smallest absolute Gasteiger partial charge is 0.269 e. The van der Waals surface area contributed by atoms with Gasteiger partial charge in [0.05, 0.1) is 11.0 Å². The highest BCUT2D eigenvalue weighted by Gasteiger charge is 2.13. The van der Waals surface area contributed by atoms with Crippen molar-refractivity contribution in [2.24, 2.45) is 0 Å². The molecule has 0 saturated carbocycles. The molecule has 0 aliphatic carbocycles. The van der Waals surface area contributed by atoms with Gasteiger partial charge in [-0.2, -0.15) is 0 Å². The molecule has 0 aliphatic heterocycles. The lowest BCUT2D eigenvalue weighted by molar-refractivity contribution is -0.384. The molecule has 0 saturated heterocycles. The molecule has 5 heteroatoms. The lowest BCUT2D eigenvalue weighted by Crippen LogP contribution is -2.28. The monoisotopic (exact) mass is 319 g/mol. The zero-order valence-corrected chi connectivity index (χ0v) is 12.9. The van der Waals surface area contributed by atoms with Crippen LogP contribution in [0, 0.1) is 10.1 Å². The Morgan fingerprint density at radius 3 is 1.71 bits per heavy atom. The summed E-state index contributed by atoms with van der Waals surface area (Å²) in [6.45, 7) is 0. The maximum atomic E-state index is 10.7. The zero-order chi connectivity index (χ0) is 16.8. The molecule has 3 aromatic rings. The summed E-state index contributed by atoms with van der Waals surface area (Å²) in [5.74, 6) is 0. The number of nitro benzene ring substituents is 1. The molecule has 3 rings (SSSR count). The molecular weight excluding hydrogens is 302 g/mol. The number of non-ortho nitro benzene ring substituents is 1. The van der Waals surface area contributed by atoms with E-state index in [0.29, 0.717) is 0 Å². The van der Waals surface area contributed by atoms with Crippen molar-refractivity contribution >= 4 is 11.4 Å². The van der Waals surface area contributed by atoms with Gasteiger partial charge in [-0.3, -0.25) is 10.1 Å². The van der Waals surface area contributed by atoms with Crippen LogP contribution in [0.2, 0.25) is 0 Å². The summed E-state index contributed by atoms with van der Waals surface area (Å²) >= 11 is 0. The van der Waals surface area contributed by atoms with E-state index in [1.54, 1.807) is 12.1 Å². The Bertz CT molecular complexity index is 750. The third-order valence-electron chi connectivity index (χ3n) is 3.70. The van der Waals surface area contributed by atoms with Crippen molar-refractivity contribution in [3.05, 3.63) is 106 Å². The number of nitrogens with one attached hydrogen (secondary N) is 2. The Hall–Kier alpha value is -3.18. The van der Waals surface area contributed by atoms with E-state index < -0.39 is 4.92 Å². The van der Waals surface area contributed by atoms with Crippen molar-refractivity contribution in [2.75, 3.05) is 5.43 Å². The highest BCUT2D eigenvalue weighted by Crippen LogP contribution is 2.22. The first-order chi connectivity index (χ1) is 11.7. The number of nitrogens with zero attached hydrogens (tertiary/aromatic N) is 1. The van der Waals surface area contributed by atoms with Crippen LogP contribution in [0.15, 0.2) is 84.9 Å². The van der Waals surface area contributed by atoms with E-state index in [1.807, 2.05) is 36.4 Å².